The monoisotopic (exact) mass is 378 g/mol. The molecule has 0 aromatic carbocycles. The Labute approximate surface area is 162 Å². The largest absolute Gasteiger partial charge is 0.355 e. The fraction of sp³-hybridized carbons (Fsp3) is 0.350. The first-order valence-corrected chi connectivity index (χ1v) is 9.38. The molecule has 4 heterocycles. The van der Waals surface area contributed by atoms with Gasteiger partial charge in [0, 0.05) is 31.7 Å². The summed E-state index contributed by atoms with van der Waals surface area (Å²) >= 11 is 0. The molecule has 1 saturated heterocycles. The van der Waals surface area contributed by atoms with E-state index in [1.54, 1.807) is 24.0 Å². The Morgan fingerprint density at radius 1 is 1.14 bits per heavy atom. The van der Waals surface area contributed by atoms with E-state index in [2.05, 4.69) is 20.4 Å². The third-order valence-corrected chi connectivity index (χ3v) is 5.17. The van der Waals surface area contributed by atoms with Crippen LogP contribution >= 0.6 is 0 Å². The molecule has 1 aliphatic rings. The van der Waals surface area contributed by atoms with Crippen LogP contribution in [-0.2, 0) is 0 Å². The number of hydrogen-bond acceptors (Lipinski definition) is 5. The minimum Gasteiger partial charge on any atom is -0.355 e. The number of carbonyl (C=O) groups is 2. The second-order valence-electron chi connectivity index (χ2n) is 6.94. The highest BCUT2D eigenvalue weighted by molar-refractivity contribution is 5.99. The van der Waals surface area contributed by atoms with Gasteiger partial charge in [-0.05, 0) is 44.4 Å². The first-order valence-electron chi connectivity index (χ1n) is 9.38. The molecule has 3 aromatic rings. The van der Waals surface area contributed by atoms with E-state index in [1.807, 2.05) is 30.0 Å². The van der Waals surface area contributed by atoms with Gasteiger partial charge in [0.1, 0.15) is 5.56 Å². The molecule has 1 aliphatic heterocycles. The van der Waals surface area contributed by atoms with E-state index >= 15 is 0 Å². The summed E-state index contributed by atoms with van der Waals surface area (Å²) in [7, 11) is 1.58. The van der Waals surface area contributed by atoms with Crippen molar-refractivity contribution in [3.05, 3.63) is 59.3 Å². The zero-order valence-corrected chi connectivity index (χ0v) is 15.9. The van der Waals surface area contributed by atoms with Crippen LogP contribution in [0.25, 0.3) is 5.65 Å². The molecule has 28 heavy (non-hydrogen) atoms. The SMILES string of the molecule is CNC(=O)c1cnn2c([C@H]3CCCCN3C(=O)c3ccc(C)nc3)ccnc12. The van der Waals surface area contributed by atoms with Gasteiger partial charge in [0.2, 0.25) is 0 Å². The molecular formula is C20H22N6O2. The molecule has 0 aliphatic carbocycles. The van der Waals surface area contributed by atoms with Crippen LogP contribution in [0.4, 0.5) is 0 Å². The maximum absolute atomic E-state index is 13.2. The van der Waals surface area contributed by atoms with Crippen LogP contribution < -0.4 is 5.32 Å². The lowest BCUT2D eigenvalue weighted by atomic mass is 9.98. The predicted octanol–water partition coefficient (Wildman–Crippen LogP) is 2.16. The molecule has 0 unspecified atom stereocenters. The minimum absolute atomic E-state index is 0.0409. The van der Waals surface area contributed by atoms with Crippen LogP contribution in [0.1, 0.15) is 57.4 Å². The van der Waals surface area contributed by atoms with Crippen molar-refractivity contribution in [2.24, 2.45) is 0 Å². The molecule has 144 valence electrons. The van der Waals surface area contributed by atoms with Gasteiger partial charge in [-0.1, -0.05) is 0 Å². The van der Waals surface area contributed by atoms with Gasteiger partial charge in [-0.2, -0.15) is 5.10 Å². The average Bonchev–Trinajstić information content (AvgIpc) is 3.17. The zero-order valence-electron chi connectivity index (χ0n) is 15.9. The van der Waals surface area contributed by atoms with Crippen molar-refractivity contribution in [1.82, 2.24) is 29.8 Å². The molecule has 1 atom stereocenters. The first kappa shape index (κ1) is 18.1. The van der Waals surface area contributed by atoms with Crippen molar-refractivity contribution in [3.8, 4) is 0 Å². The fourth-order valence-corrected chi connectivity index (χ4v) is 3.70. The van der Waals surface area contributed by atoms with Crippen molar-refractivity contribution in [1.29, 1.82) is 0 Å². The topological polar surface area (TPSA) is 92.5 Å². The van der Waals surface area contributed by atoms with E-state index in [0.29, 0.717) is 23.3 Å². The second-order valence-corrected chi connectivity index (χ2v) is 6.94. The van der Waals surface area contributed by atoms with Crippen molar-refractivity contribution in [2.75, 3.05) is 13.6 Å². The summed E-state index contributed by atoms with van der Waals surface area (Å²) in [5.41, 5.74) is 3.22. The smallest absolute Gasteiger partial charge is 0.256 e. The summed E-state index contributed by atoms with van der Waals surface area (Å²) in [5, 5.41) is 6.99. The number of pyridine rings is 1. The van der Waals surface area contributed by atoms with E-state index < -0.39 is 0 Å². The molecular weight excluding hydrogens is 356 g/mol. The molecule has 0 radical (unpaired) electrons. The lowest BCUT2D eigenvalue weighted by molar-refractivity contribution is 0.0602. The van der Waals surface area contributed by atoms with Crippen LogP contribution in [0.5, 0.6) is 0 Å². The molecule has 1 N–H and O–H groups in total. The van der Waals surface area contributed by atoms with Crippen LogP contribution in [0.15, 0.2) is 36.8 Å². The summed E-state index contributed by atoms with van der Waals surface area (Å²) in [4.78, 5) is 35.7. The Hall–Kier alpha value is -3.29. The lowest BCUT2D eigenvalue weighted by Crippen LogP contribution is -2.39. The summed E-state index contributed by atoms with van der Waals surface area (Å²) in [6, 6.07) is 5.40. The number of rotatable bonds is 3. The maximum atomic E-state index is 13.2. The predicted molar refractivity (Wildman–Crippen MR) is 103 cm³/mol. The van der Waals surface area contributed by atoms with E-state index in [1.165, 1.54) is 6.20 Å². The highest BCUT2D eigenvalue weighted by atomic mass is 16.2. The number of likely N-dealkylation sites (tertiary alicyclic amines) is 1. The summed E-state index contributed by atoms with van der Waals surface area (Å²) in [5.74, 6) is -0.275. The normalized spacial score (nSPS) is 16.9. The van der Waals surface area contributed by atoms with Crippen LogP contribution in [0.3, 0.4) is 0 Å². The Bertz CT molecular complexity index is 1030. The Balaban J connectivity index is 1.74. The molecule has 1 fully saturated rings. The molecule has 4 rings (SSSR count). The van der Waals surface area contributed by atoms with Crippen LogP contribution in [-0.4, -0.2) is 49.9 Å². The highest BCUT2D eigenvalue weighted by Gasteiger charge is 2.31. The Morgan fingerprint density at radius 2 is 2.00 bits per heavy atom. The molecule has 0 spiro atoms. The number of fused-ring (bicyclic) bond motifs is 1. The number of piperidine rings is 1. The van der Waals surface area contributed by atoms with Gasteiger partial charge < -0.3 is 10.2 Å². The zero-order chi connectivity index (χ0) is 19.7. The number of hydrogen-bond donors (Lipinski definition) is 1. The van der Waals surface area contributed by atoms with Gasteiger partial charge in [0.15, 0.2) is 5.65 Å². The van der Waals surface area contributed by atoms with E-state index in [0.717, 1.165) is 30.7 Å². The molecule has 3 aromatic heterocycles. The minimum atomic E-state index is -0.234. The second kappa shape index (κ2) is 7.38. The third-order valence-electron chi connectivity index (χ3n) is 5.17. The Kier molecular flexibility index (Phi) is 4.77. The highest BCUT2D eigenvalue weighted by Crippen LogP contribution is 2.32. The van der Waals surface area contributed by atoms with Crippen LogP contribution in [0.2, 0.25) is 0 Å². The van der Waals surface area contributed by atoms with Gasteiger partial charge >= 0.3 is 0 Å². The summed E-state index contributed by atoms with van der Waals surface area (Å²) < 4.78 is 1.67. The number of amides is 2. The van der Waals surface area contributed by atoms with Crippen LogP contribution in [0, 0.1) is 6.92 Å². The maximum Gasteiger partial charge on any atom is 0.256 e. The van der Waals surface area contributed by atoms with Crippen molar-refractivity contribution >= 4 is 17.5 Å². The molecule has 8 nitrogen and oxygen atoms in total. The molecule has 2 amide bonds. The molecule has 0 bridgehead atoms. The number of nitrogens with one attached hydrogen (secondary N) is 1. The number of carbonyl (C=O) groups excluding carboxylic acids is 2. The average molecular weight is 378 g/mol. The molecule has 0 saturated carbocycles. The van der Waals surface area contributed by atoms with E-state index in [4.69, 9.17) is 0 Å². The van der Waals surface area contributed by atoms with Gasteiger partial charge in [0.25, 0.3) is 11.8 Å². The van der Waals surface area contributed by atoms with Gasteiger partial charge in [-0.25, -0.2) is 9.50 Å². The van der Waals surface area contributed by atoms with E-state index in [9.17, 15) is 9.59 Å². The Morgan fingerprint density at radius 3 is 2.75 bits per heavy atom. The van der Waals surface area contributed by atoms with Crippen molar-refractivity contribution in [2.45, 2.75) is 32.2 Å². The van der Waals surface area contributed by atoms with Gasteiger partial charge in [-0.15, -0.1) is 0 Å². The fourth-order valence-electron chi connectivity index (χ4n) is 3.70. The van der Waals surface area contributed by atoms with Crippen molar-refractivity contribution in [3.63, 3.8) is 0 Å². The number of aromatic nitrogens is 4. The van der Waals surface area contributed by atoms with Gasteiger partial charge in [0.05, 0.1) is 23.5 Å². The third kappa shape index (κ3) is 3.11. The number of aryl methyl sites for hydroxylation is 1. The van der Waals surface area contributed by atoms with E-state index in [-0.39, 0.29) is 17.9 Å². The number of nitrogens with zero attached hydrogens (tertiary/aromatic N) is 5. The first-order chi connectivity index (χ1) is 13.6. The molecule has 8 heteroatoms. The standard InChI is InChI=1S/C20H22N6O2/c1-13-6-7-14(11-23-13)20(28)25-10-4-3-5-16(25)17-8-9-22-18-15(19(27)21-2)12-24-26(17)18/h6-9,11-12,16H,3-5,10H2,1-2H3,(H,21,27)/t16-/m1/s1. The van der Waals surface area contributed by atoms with Crippen molar-refractivity contribution < 1.29 is 9.59 Å². The summed E-state index contributed by atoms with van der Waals surface area (Å²) in [6.07, 6.45) is 7.63. The summed E-state index contributed by atoms with van der Waals surface area (Å²) in [6.45, 7) is 2.57. The lowest BCUT2D eigenvalue weighted by Gasteiger charge is -2.36. The quantitative estimate of drug-likeness (QED) is 0.754. The van der Waals surface area contributed by atoms with Gasteiger partial charge in [-0.3, -0.25) is 14.6 Å².